The minimum Gasteiger partial charge on any atom is -0.454 e. The van der Waals surface area contributed by atoms with Crippen LogP contribution in [0.25, 0.3) is 0 Å². The van der Waals surface area contributed by atoms with Gasteiger partial charge in [0.15, 0.2) is 11.5 Å². The molecule has 102 valence electrons. The standard InChI is InChI=1S/C14H18N2O3/c1-3-4-5-10(2)15-16-14(17)11-6-7-12-13(8-11)19-9-18-12/h6-8H,3-5,9H2,1-2H3,(H,16,17). The van der Waals surface area contributed by atoms with Crippen LogP contribution in [0.5, 0.6) is 11.5 Å². The van der Waals surface area contributed by atoms with E-state index in [2.05, 4.69) is 17.5 Å². The Bertz CT molecular complexity index is 497. The van der Waals surface area contributed by atoms with Crippen LogP contribution in [0.3, 0.4) is 0 Å². The molecule has 0 aliphatic carbocycles. The highest BCUT2D eigenvalue weighted by atomic mass is 16.7. The van der Waals surface area contributed by atoms with Gasteiger partial charge in [-0.2, -0.15) is 5.10 Å². The smallest absolute Gasteiger partial charge is 0.271 e. The highest BCUT2D eigenvalue weighted by Crippen LogP contribution is 2.32. The van der Waals surface area contributed by atoms with Crippen LogP contribution in [-0.4, -0.2) is 18.4 Å². The summed E-state index contributed by atoms with van der Waals surface area (Å²) in [5.74, 6) is 1.02. The second kappa shape index (κ2) is 6.22. The molecule has 0 unspecified atom stereocenters. The first kappa shape index (κ1) is 13.4. The van der Waals surface area contributed by atoms with Gasteiger partial charge in [-0.3, -0.25) is 4.79 Å². The maximum Gasteiger partial charge on any atom is 0.271 e. The molecule has 5 nitrogen and oxygen atoms in total. The van der Waals surface area contributed by atoms with Crippen LogP contribution in [0.15, 0.2) is 23.3 Å². The molecule has 2 rings (SSSR count). The van der Waals surface area contributed by atoms with Crippen molar-refractivity contribution in [3.63, 3.8) is 0 Å². The number of ether oxygens (including phenoxy) is 2. The molecule has 0 radical (unpaired) electrons. The molecule has 0 aromatic heterocycles. The molecular weight excluding hydrogens is 244 g/mol. The number of carbonyl (C=O) groups excluding carboxylic acids is 1. The summed E-state index contributed by atoms with van der Waals surface area (Å²) < 4.78 is 10.4. The van der Waals surface area contributed by atoms with Gasteiger partial charge < -0.3 is 9.47 Å². The molecule has 1 aromatic rings. The van der Waals surface area contributed by atoms with E-state index in [1.54, 1.807) is 18.2 Å². The summed E-state index contributed by atoms with van der Waals surface area (Å²) in [6.45, 7) is 4.24. The summed E-state index contributed by atoms with van der Waals surface area (Å²) in [6, 6.07) is 5.08. The SMILES string of the molecule is CCCCC(C)=NNC(=O)c1ccc2c(c1)OCO2. The first-order chi connectivity index (χ1) is 9.20. The summed E-state index contributed by atoms with van der Waals surface area (Å²) in [5, 5.41) is 4.08. The van der Waals surface area contributed by atoms with E-state index in [-0.39, 0.29) is 12.7 Å². The molecule has 0 bridgehead atoms. The number of hydrazone groups is 1. The second-order valence-corrected chi connectivity index (χ2v) is 4.46. The normalized spacial score (nSPS) is 13.5. The summed E-state index contributed by atoms with van der Waals surface area (Å²) >= 11 is 0. The Hall–Kier alpha value is -2.04. The molecular formula is C14H18N2O3. The number of nitrogens with zero attached hydrogens (tertiary/aromatic N) is 1. The Morgan fingerprint density at radius 2 is 2.16 bits per heavy atom. The van der Waals surface area contributed by atoms with E-state index in [0.717, 1.165) is 25.0 Å². The maximum atomic E-state index is 11.9. The fourth-order valence-corrected chi connectivity index (χ4v) is 1.74. The third kappa shape index (κ3) is 3.47. The number of rotatable bonds is 5. The van der Waals surface area contributed by atoms with Gasteiger partial charge in [0.2, 0.25) is 6.79 Å². The van der Waals surface area contributed by atoms with Crippen LogP contribution in [0, 0.1) is 0 Å². The molecule has 1 heterocycles. The van der Waals surface area contributed by atoms with E-state index >= 15 is 0 Å². The zero-order chi connectivity index (χ0) is 13.7. The van der Waals surface area contributed by atoms with Crippen molar-refractivity contribution < 1.29 is 14.3 Å². The molecule has 5 heteroatoms. The number of hydrogen-bond acceptors (Lipinski definition) is 4. The van der Waals surface area contributed by atoms with Crippen molar-refractivity contribution in [2.24, 2.45) is 5.10 Å². The molecule has 1 aliphatic rings. The maximum absolute atomic E-state index is 11.9. The van der Waals surface area contributed by atoms with Crippen LogP contribution in [0.2, 0.25) is 0 Å². The van der Waals surface area contributed by atoms with Crippen molar-refractivity contribution in [3.05, 3.63) is 23.8 Å². The van der Waals surface area contributed by atoms with E-state index in [4.69, 9.17) is 9.47 Å². The van der Waals surface area contributed by atoms with E-state index in [1.807, 2.05) is 6.92 Å². The van der Waals surface area contributed by atoms with Crippen molar-refractivity contribution in [2.75, 3.05) is 6.79 Å². The Balaban J connectivity index is 1.96. The summed E-state index contributed by atoms with van der Waals surface area (Å²) in [7, 11) is 0. The quantitative estimate of drug-likeness (QED) is 0.655. The lowest BCUT2D eigenvalue weighted by molar-refractivity contribution is 0.0954. The van der Waals surface area contributed by atoms with Gasteiger partial charge in [-0.15, -0.1) is 0 Å². The Kier molecular flexibility index (Phi) is 4.39. The van der Waals surface area contributed by atoms with Gasteiger partial charge in [-0.1, -0.05) is 13.3 Å². The minimum atomic E-state index is -0.242. The van der Waals surface area contributed by atoms with Gasteiger partial charge in [-0.25, -0.2) is 5.43 Å². The first-order valence-electron chi connectivity index (χ1n) is 6.44. The summed E-state index contributed by atoms with van der Waals surface area (Å²) in [4.78, 5) is 11.9. The van der Waals surface area contributed by atoms with Gasteiger partial charge in [-0.05, 0) is 38.0 Å². The molecule has 0 saturated carbocycles. The zero-order valence-corrected chi connectivity index (χ0v) is 11.2. The molecule has 1 amide bonds. The lowest BCUT2D eigenvalue weighted by atomic mass is 10.2. The third-order valence-electron chi connectivity index (χ3n) is 2.88. The predicted molar refractivity (Wildman–Crippen MR) is 72.7 cm³/mol. The molecule has 1 aromatic carbocycles. The van der Waals surface area contributed by atoms with Crippen molar-refractivity contribution in [3.8, 4) is 11.5 Å². The van der Waals surface area contributed by atoms with E-state index in [0.29, 0.717) is 17.1 Å². The number of benzene rings is 1. The van der Waals surface area contributed by atoms with Crippen LogP contribution in [0.4, 0.5) is 0 Å². The van der Waals surface area contributed by atoms with E-state index in [9.17, 15) is 4.79 Å². The molecule has 0 saturated heterocycles. The van der Waals surface area contributed by atoms with E-state index in [1.165, 1.54) is 0 Å². The van der Waals surface area contributed by atoms with Gasteiger partial charge in [0.1, 0.15) is 0 Å². The summed E-state index contributed by atoms with van der Waals surface area (Å²) in [6.07, 6.45) is 3.09. The first-order valence-corrected chi connectivity index (χ1v) is 6.44. The molecule has 19 heavy (non-hydrogen) atoms. The largest absolute Gasteiger partial charge is 0.454 e. The molecule has 0 atom stereocenters. The third-order valence-corrected chi connectivity index (χ3v) is 2.88. The molecule has 0 spiro atoms. The van der Waals surface area contributed by atoms with E-state index < -0.39 is 0 Å². The van der Waals surface area contributed by atoms with Crippen LogP contribution in [-0.2, 0) is 0 Å². The highest BCUT2D eigenvalue weighted by molar-refractivity contribution is 5.95. The number of fused-ring (bicyclic) bond motifs is 1. The fraction of sp³-hybridized carbons (Fsp3) is 0.429. The topological polar surface area (TPSA) is 59.9 Å². The van der Waals surface area contributed by atoms with Gasteiger partial charge in [0, 0.05) is 11.3 Å². The minimum absolute atomic E-state index is 0.203. The highest BCUT2D eigenvalue weighted by Gasteiger charge is 2.15. The van der Waals surface area contributed by atoms with Crippen molar-refractivity contribution in [1.29, 1.82) is 0 Å². The average Bonchev–Trinajstić information content (AvgIpc) is 2.89. The summed E-state index contributed by atoms with van der Waals surface area (Å²) in [5.41, 5.74) is 3.99. The van der Waals surface area contributed by atoms with Crippen molar-refractivity contribution >= 4 is 11.6 Å². The zero-order valence-electron chi connectivity index (χ0n) is 11.2. The van der Waals surface area contributed by atoms with Crippen LogP contribution >= 0.6 is 0 Å². The Labute approximate surface area is 112 Å². The number of unbranched alkanes of at least 4 members (excludes halogenated alkanes) is 1. The monoisotopic (exact) mass is 262 g/mol. The lowest BCUT2D eigenvalue weighted by Gasteiger charge is -2.03. The molecule has 1 N–H and O–H groups in total. The number of carbonyl (C=O) groups is 1. The number of hydrogen-bond donors (Lipinski definition) is 1. The van der Waals surface area contributed by atoms with Gasteiger partial charge in [0.05, 0.1) is 0 Å². The van der Waals surface area contributed by atoms with Gasteiger partial charge >= 0.3 is 0 Å². The second-order valence-electron chi connectivity index (χ2n) is 4.46. The van der Waals surface area contributed by atoms with Crippen molar-refractivity contribution in [1.82, 2.24) is 5.43 Å². The van der Waals surface area contributed by atoms with Gasteiger partial charge in [0.25, 0.3) is 5.91 Å². The Morgan fingerprint density at radius 1 is 1.37 bits per heavy atom. The van der Waals surface area contributed by atoms with Crippen LogP contribution < -0.4 is 14.9 Å². The fourth-order valence-electron chi connectivity index (χ4n) is 1.74. The Morgan fingerprint density at radius 3 is 2.95 bits per heavy atom. The lowest BCUT2D eigenvalue weighted by Crippen LogP contribution is -2.19. The molecule has 0 fully saturated rings. The predicted octanol–water partition coefficient (Wildman–Crippen LogP) is 2.71. The van der Waals surface area contributed by atoms with Crippen LogP contribution in [0.1, 0.15) is 43.5 Å². The average molecular weight is 262 g/mol. The number of nitrogens with one attached hydrogen (secondary N) is 1. The van der Waals surface area contributed by atoms with Crippen molar-refractivity contribution in [2.45, 2.75) is 33.1 Å². The number of amides is 1. The molecule has 1 aliphatic heterocycles.